The third kappa shape index (κ3) is 3.68. The zero-order valence-electron chi connectivity index (χ0n) is 10.2. The van der Waals surface area contributed by atoms with E-state index in [0.717, 1.165) is 0 Å². The van der Waals surface area contributed by atoms with Gasteiger partial charge in [0, 0.05) is 0 Å². The van der Waals surface area contributed by atoms with E-state index >= 15 is 0 Å². The molecule has 0 aliphatic rings. The number of hydrogen-bond donors (Lipinski definition) is 2. The van der Waals surface area contributed by atoms with E-state index in [1.807, 2.05) is 13.8 Å². The van der Waals surface area contributed by atoms with Crippen molar-refractivity contribution in [1.29, 1.82) is 0 Å². The van der Waals surface area contributed by atoms with Crippen LogP contribution in [-0.4, -0.2) is 22.4 Å². The van der Waals surface area contributed by atoms with Crippen LogP contribution in [-0.2, 0) is 6.61 Å². The summed E-state index contributed by atoms with van der Waals surface area (Å²) in [6.45, 7) is 3.58. The first-order valence-corrected chi connectivity index (χ1v) is 5.79. The van der Waals surface area contributed by atoms with Gasteiger partial charge in [0.15, 0.2) is 11.6 Å². The molecule has 0 unspecified atom stereocenters. The van der Waals surface area contributed by atoms with E-state index in [1.165, 1.54) is 12.1 Å². The van der Waals surface area contributed by atoms with E-state index in [4.69, 9.17) is 9.84 Å². The molecule has 0 amide bonds. The maximum absolute atomic E-state index is 13.5. The lowest BCUT2D eigenvalue weighted by Gasteiger charge is -2.25. The van der Waals surface area contributed by atoms with Crippen molar-refractivity contribution in [1.82, 2.24) is 0 Å². The predicted octanol–water partition coefficient (Wildman–Crippen LogP) is 2.25. The van der Waals surface area contributed by atoms with Gasteiger partial charge < -0.3 is 14.9 Å². The second-order valence-electron chi connectivity index (χ2n) is 4.14. The Kier molecular flexibility index (Phi) is 4.90. The summed E-state index contributed by atoms with van der Waals surface area (Å²) < 4.78 is 18.8. The number of ether oxygens (including phenoxy) is 1. The first-order valence-electron chi connectivity index (χ1n) is 5.79. The predicted molar refractivity (Wildman–Crippen MR) is 63.3 cm³/mol. The highest BCUT2D eigenvalue weighted by Gasteiger charge is 2.23. The van der Waals surface area contributed by atoms with E-state index in [-0.39, 0.29) is 19.0 Å². The minimum absolute atomic E-state index is 0.0649. The number of aliphatic hydroxyl groups is 2. The average Bonchev–Trinajstić information content (AvgIpc) is 2.36. The summed E-state index contributed by atoms with van der Waals surface area (Å²) in [5.74, 6) is -0.423. The number of hydrogen-bond acceptors (Lipinski definition) is 3. The largest absolute Gasteiger partial charge is 0.488 e. The molecular formula is C13H19FO3. The maximum atomic E-state index is 13.5. The molecule has 0 saturated carbocycles. The molecule has 1 aromatic carbocycles. The van der Waals surface area contributed by atoms with Crippen LogP contribution in [0.1, 0.15) is 32.3 Å². The fourth-order valence-electron chi connectivity index (χ4n) is 1.43. The van der Waals surface area contributed by atoms with Gasteiger partial charge in [-0.15, -0.1) is 0 Å². The number of rotatable bonds is 6. The second-order valence-corrected chi connectivity index (χ2v) is 4.14. The van der Waals surface area contributed by atoms with Gasteiger partial charge in [0.25, 0.3) is 0 Å². The van der Waals surface area contributed by atoms with E-state index in [0.29, 0.717) is 18.4 Å². The normalized spacial score (nSPS) is 11.6. The molecule has 96 valence electrons. The van der Waals surface area contributed by atoms with Crippen molar-refractivity contribution >= 4 is 0 Å². The first-order chi connectivity index (χ1) is 8.04. The summed E-state index contributed by atoms with van der Waals surface area (Å²) in [5.41, 5.74) is -0.418. The Morgan fingerprint density at radius 2 is 1.94 bits per heavy atom. The molecule has 2 N–H and O–H groups in total. The quantitative estimate of drug-likeness (QED) is 0.804. The molecule has 0 spiro atoms. The van der Waals surface area contributed by atoms with Gasteiger partial charge in [-0.05, 0) is 30.5 Å². The summed E-state index contributed by atoms with van der Waals surface area (Å²) in [6, 6.07) is 4.29. The zero-order valence-corrected chi connectivity index (χ0v) is 10.2. The molecule has 0 bridgehead atoms. The molecule has 3 nitrogen and oxygen atoms in total. The van der Waals surface area contributed by atoms with Crippen molar-refractivity contribution in [2.75, 3.05) is 6.61 Å². The van der Waals surface area contributed by atoms with Gasteiger partial charge >= 0.3 is 0 Å². The van der Waals surface area contributed by atoms with E-state index in [2.05, 4.69) is 0 Å². The lowest BCUT2D eigenvalue weighted by Crippen LogP contribution is -2.34. The first kappa shape index (κ1) is 13.9. The number of aliphatic hydroxyl groups excluding tert-OH is 1. The fourth-order valence-corrected chi connectivity index (χ4v) is 1.43. The van der Waals surface area contributed by atoms with Crippen LogP contribution in [0.15, 0.2) is 18.2 Å². The van der Waals surface area contributed by atoms with Crippen molar-refractivity contribution in [3.05, 3.63) is 29.6 Å². The smallest absolute Gasteiger partial charge is 0.165 e. The van der Waals surface area contributed by atoms with Gasteiger partial charge in [-0.25, -0.2) is 4.39 Å². The molecule has 4 heteroatoms. The third-order valence-electron chi connectivity index (χ3n) is 2.99. The summed E-state index contributed by atoms with van der Waals surface area (Å²) in [7, 11) is 0. The Morgan fingerprint density at radius 1 is 1.29 bits per heavy atom. The van der Waals surface area contributed by atoms with Gasteiger partial charge in [0.2, 0.25) is 0 Å². The van der Waals surface area contributed by atoms with Crippen LogP contribution >= 0.6 is 0 Å². The fraction of sp³-hybridized carbons (Fsp3) is 0.538. The minimum atomic E-state index is -0.915. The highest BCUT2D eigenvalue weighted by molar-refractivity contribution is 5.29. The molecule has 17 heavy (non-hydrogen) atoms. The monoisotopic (exact) mass is 242 g/mol. The highest BCUT2D eigenvalue weighted by Crippen LogP contribution is 2.22. The van der Waals surface area contributed by atoms with Crippen molar-refractivity contribution in [2.45, 2.75) is 38.9 Å². The van der Waals surface area contributed by atoms with E-state index < -0.39 is 11.4 Å². The van der Waals surface area contributed by atoms with Gasteiger partial charge in [0.05, 0.1) is 12.2 Å². The minimum Gasteiger partial charge on any atom is -0.488 e. The number of halogens is 1. The molecule has 1 rings (SSSR count). The van der Waals surface area contributed by atoms with Crippen LogP contribution in [0.5, 0.6) is 5.75 Å². The van der Waals surface area contributed by atoms with Crippen molar-refractivity contribution in [3.63, 3.8) is 0 Å². The van der Waals surface area contributed by atoms with Crippen LogP contribution in [0.25, 0.3) is 0 Å². The van der Waals surface area contributed by atoms with Gasteiger partial charge in [-0.2, -0.15) is 0 Å². The highest BCUT2D eigenvalue weighted by atomic mass is 19.1. The van der Waals surface area contributed by atoms with Crippen LogP contribution in [0.4, 0.5) is 4.39 Å². The van der Waals surface area contributed by atoms with Crippen LogP contribution in [0.3, 0.4) is 0 Å². The third-order valence-corrected chi connectivity index (χ3v) is 2.99. The van der Waals surface area contributed by atoms with Crippen LogP contribution < -0.4 is 4.74 Å². The molecular weight excluding hydrogens is 223 g/mol. The average molecular weight is 242 g/mol. The molecule has 0 radical (unpaired) electrons. The van der Waals surface area contributed by atoms with Crippen molar-refractivity contribution in [2.24, 2.45) is 0 Å². The van der Waals surface area contributed by atoms with Crippen molar-refractivity contribution < 1.29 is 19.3 Å². The summed E-state index contributed by atoms with van der Waals surface area (Å²) in [6.07, 6.45) is 1.11. The molecule has 0 atom stereocenters. The molecule has 1 aromatic rings. The van der Waals surface area contributed by atoms with Crippen molar-refractivity contribution in [3.8, 4) is 5.75 Å². The van der Waals surface area contributed by atoms with E-state index in [9.17, 15) is 9.50 Å². The van der Waals surface area contributed by atoms with Crippen LogP contribution in [0.2, 0.25) is 0 Å². The Hall–Kier alpha value is -1.13. The molecule has 0 fully saturated rings. The molecule has 0 saturated heterocycles. The Morgan fingerprint density at radius 3 is 2.41 bits per heavy atom. The van der Waals surface area contributed by atoms with E-state index in [1.54, 1.807) is 6.07 Å². The van der Waals surface area contributed by atoms with Crippen LogP contribution in [0, 0.1) is 5.82 Å². The second kappa shape index (κ2) is 5.98. The standard InChI is InChI=1S/C13H19FO3/c1-3-13(16,4-2)9-17-12-6-5-10(8-15)7-11(12)14/h5-7,15-16H,3-4,8-9H2,1-2H3. The van der Waals surface area contributed by atoms with Gasteiger partial charge in [0.1, 0.15) is 6.61 Å². The maximum Gasteiger partial charge on any atom is 0.165 e. The summed E-state index contributed by atoms with van der Waals surface area (Å²) >= 11 is 0. The number of benzene rings is 1. The van der Waals surface area contributed by atoms with Gasteiger partial charge in [-0.3, -0.25) is 0 Å². The zero-order chi connectivity index (χ0) is 12.9. The Balaban J connectivity index is 2.69. The summed E-state index contributed by atoms with van der Waals surface area (Å²) in [5, 5.41) is 18.8. The SMILES string of the molecule is CCC(O)(CC)COc1ccc(CO)cc1F. The molecule has 0 heterocycles. The topological polar surface area (TPSA) is 49.7 Å². The Bertz CT molecular complexity index is 362. The lowest BCUT2D eigenvalue weighted by molar-refractivity contribution is -0.0123. The summed E-state index contributed by atoms with van der Waals surface area (Å²) in [4.78, 5) is 0. The van der Waals surface area contributed by atoms with Gasteiger partial charge in [-0.1, -0.05) is 19.9 Å². The molecule has 0 aliphatic carbocycles. The lowest BCUT2D eigenvalue weighted by atomic mass is 9.99. The molecule has 0 aromatic heterocycles. The Labute approximate surface area is 101 Å². The molecule has 0 aliphatic heterocycles.